The minimum Gasteiger partial charge on any atom is -0.392 e. The fourth-order valence-electron chi connectivity index (χ4n) is 3.48. The molecule has 2 N–H and O–H groups in total. The van der Waals surface area contributed by atoms with Gasteiger partial charge in [-0.2, -0.15) is 0 Å². The molecule has 0 aromatic carbocycles. The normalized spacial score (nSPS) is 28.3. The zero-order valence-corrected chi connectivity index (χ0v) is 17.6. The van der Waals surface area contributed by atoms with E-state index >= 15 is 0 Å². The van der Waals surface area contributed by atoms with Crippen LogP contribution in [0.3, 0.4) is 0 Å². The first-order valence-electron chi connectivity index (χ1n) is 8.93. The Morgan fingerprint density at radius 1 is 1.25 bits per heavy atom. The summed E-state index contributed by atoms with van der Waals surface area (Å²) in [6.45, 7) is 10.4. The Bertz CT molecular complexity index is 438. The third kappa shape index (κ3) is 5.47. The molecular formula is C17H33IN4O2. The van der Waals surface area contributed by atoms with Crippen LogP contribution in [0.4, 0.5) is 0 Å². The molecule has 0 radical (unpaired) electrons. The molecule has 1 aliphatic heterocycles. The van der Waals surface area contributed by atoms with Crippen LogP contribution in [0.5, 0.6) is 0 Å². The van der Waals surface area contributed by atoms with Crippen LogP contribution in [0.15, 0.2) is 4.99 Å². The van der Waals surface area contributed by atoms with Gasteiger partial charge >= 0.3 is 0 Å². The molecule has 1 saturated carbocycles. The molecule has 140 valence electrons. The van der Waals surface area contributed by atoms with Crippen LogP contribution < -0.4 is 5.32 Å². The molecule has 0 aromatic rings. The third-order valence-electron chi connectivity index (χ3n) is 5.23. The highest BCUT2D eigenvalue weighted by Gasteiger charge is 2.35. The first-order chi connectivity index (χ1) is 11.0. The van der Waals surface area contributed by atoms with Gasteiger partial charge in [0.1, 0.15) is 0 Å². The molecule has 1 aliphatic carbocycles. The van der Waals surface area contributed by atoms with Crippen LogP contribution in [0.2, 0.25) is 0 Å². The molecular weight excluding hydrogens is 419 g/mol. The third-order valence-corrected chi connectivity index (χ3v) is 5.23. The average molecular weight is 452 g/mol. The fourth-order valence-corrected chi connectivity index (χ4v) is 3.48. The molecule has 6 nitrogen and oxygen atoms in total. The summed E-state index contributed by atoms with van der Waals surface area (Å²) < 4.78 is 0. The van der Waals surface area contributed by atoms with Crippen molar-refractivity contribution in [3.8, 4) is 0 Å². The smallest absolute Gasteiger partial charge is 0.219 e. The van der Waals surface area contributed by atoms with Gasteiger partial charge in [-0.05, 0) is 19.8 Å². The van der Waals surface area contributed by atoms with Crippen LogP contribution in [0.1, 0.15) is 46.5 Å². The molecule has 24 heavy (non-hydrogen) atoms. The van der Waals surface area contributed by atoms with Crippen LogP contribution in [-0.4, -0.2) is 72.1 Å². The van der Waals surface area contributed by atoms with Gasteiger partial charge in [0.05, 0.1) is 12.6 Å². The zero-order chi connectivity index (χ0) is 16.9. The molecule has 0 bridgehead atoms. The number of halogens is 1. The highest BCUT2D eigenvalue weighted by atomic mass is 127. The number of hydrogen-bond donors (Lipinski definition) is 2. The second kappa shape index (κ2) is 9.79. The van der Waals surface area contributed by atoms with Crippen LogP contribution in [0, 0.1) is 5.41 Å². The average Bonchev–Trinajstić information content (AvgIpc) is 2.54. The molecule has 1 heterocycles. The van der Waals surface area contributed by atoms with Gasteiger partial charge in [0.2, 0.25) is 5.91 Å². The van der Waals surface area contributed by atoms with Gasteiger partial charge in [-0.25, -0.2) is 0 Å². The zero-order valence-electron chi connectivity index (χ0n) is 15.3. The Morgan fingerprint density at radius 3 is 2.42 bits per heavy atom. The molecule has 1 amide bonds. The van der Waals surface area contributed by atoms with Crippen LogP contribution in [0.25, 0.3) is 0 Å². The number of guanidine groups is 1. The second-order valence-electron chi connectivity index (χ2n) is 7.08. The Kier molecular flexibility index (Phi) is 8.76. The summed E-state index contributed by atoms with van der Waals surface area (Å²) in [6, 6.07) is 0. The number of rotatable bonds is 3. The highest BCUT2D eigenvalue weighted by molar-refractivity contribution is 14.0. The lowest BCUT2D eigenvalue weighted by atomic mass is 9.73. The molecule has 1 saturated heterocycles. The van der Waals surface area contributed by atoms with E-state index in [9.17, 15) is 9.90 Å². The van der Waals surface area contributed by atoms with Gasteiger partial charge in [0.25, 0.3) is 0 Å². The van der Waals surface area contributed by atoms with Crippen LogP contribution >= 0.6 is 24.0 Å². The van der Waals surface area contributed by atoms with Crippen molar-refractivity contribution in [2.24, 2.45) is 10.4 Å². The summed E-state index contributed by atoms with van der Waals surface area (Å²) in [6.07, 6.45) is 3.97. The maximum absolute atomic E-state index is 11.4. The van der Waals surface area contributed by atoms with Crippen molar-refractivity contribution in [3.63, 3.8) is 0 Å². The van der Waals surface area contributed by atoms with Crippen LogP contribution in [-0.2, 0) is 4.79 Å². The summed E-state index contributed by atoms with van der Waals surface area (Å²) in [5.41, 5.74) is -0.111. The highest BCUT2D eigenvalue weighted by Crippen LogP contribution is 2.36. The molecule has 2 unspecified atom stereocenters. The molecule has 2 atom stereocenters. The van der Waals surface area contributed by atoms with Gasteiger partial charge in [-0.15, -0.1) is 24.0 Å². The van der Waals surface area contributed by atoms with Gasteiger partial charge in [0, 0.05) is 45.1 Å². The van der Waals surface area contributed by atoms with E-state index in [2.05, 4.69) is 24.1 Å². The molecule has 0 aromatic heterocycles. The van der Waals surface area contributed by atoms with Gasteiger partial charge in [0.15, 0.2) is 5.96 Å². The summed E-state index contributed by atoms with van der Waals surface area (Å²) in [5.74, 6) is 1.05. The molecule has 7 heteroatoms. The van der Waals surface area contributed by atoms with E-state index < -0.39 is 0 Å². The summed E-state index contributed by atoms with van der Waals surface area (Å²) in [5, 5.41) is 13.7. The molecule has 0 spiro atoms. The molecule has 2 aliphatic rings. The van der Waals surface area contributed by atoms with E-state index in [0.717, 1.165) is 57.9 Å². The number of nitrogens with zero attached hydrogens (tertiary/aromatic N) is 3. The SMILES string of the molecule is CCNC(=NCC1(C)CCCCC1O)N1CCN(C(C)=O)CC1.I. The van der Waals surface area contributed by atoms with E-state index in [1.54, 1.807) is 6.92 Å². The van der Waals surface area contributed by atoms with Crippen molar-refractivity contribution in [2.75, 3.05) is 39.3 Å². The summed E-state index contributed by atoms with van der Waals surface area (Å²) >= 11 is 0. The number of hydrogen-bond acceptors (Lipinski definition) is 3. The van der Waals surface area contributed by atoms with E-state index in [1.807, 2.05) is 4.90 Å². The summed E-state index contributed by atoms with van der Waals surface area (Å²) in [4.78, 5) is 20.4. The van der Waals surface area contributed by atoms with Crippen molar-refractivity contribution in [3.05, 3.63) is 0 Å². The largest absolute Gasteiger partial charge is 0.392 e. The van der Waals surface area contributed by atoms with Crippen molar-refractivity contribution in [1.29, 1.82) is 0 Å². The van der Waals surface area contributed by atoms with Crippen molar-refractivity contribution in [1.82, 2.24) is 15.1 Å². The topological polar surface area (TPSA) is 68.2 Å². The van der Waals surface area contributed by atoms with E-state index in [-0.39, 0.29) is 41.4 Å². The van der Waals surface area contributed by atoms with E-state index in [4.69, 9.17) is 4.99 Å². The predicted molar refractivity (Wildman–Crippen MR) is 108 cm³/mol. The van der Waals surface area contributed by atoms with E-state index in [1.165, 1.54) is 6.42 Å². The Labute approximate surface area is 163 Å². The minimum absolute atomic E-state index is 0. The van der Waals surface area contributed by atoms with Crippen molar-refractivity contribution in [2.45, 2.75) is 52.6 Å². The monoisotopic (exact) mass is 452 g/mol. The number of aliphatic hydroxyl groups excluding tert-OH is 1. The maximum atomic E-state index is 11.4. The lowest BCUT2D eigenvalue weighted by Crippen LogP contribution is -2.53. The maximum Gasteiger partial charge on any atom is 0.219 e. The first kappa shape index (κ1) is 21.5. The number of carbonyl (C=O) groups is 1. The number of aliphatic hydroxyl groups is 1. The number of amides is 1. The standard InChI is InChI=1S/C17H32N4O2.HI/c1-4-18-16(21-11-9-20(10-12-21)14(2)22)19-13-17(3)8-6-5-7-15(17)23;/h15,23H,4-13H2,1-3H3,(H,18,19);1H. The lowest BCUT2D eigenvalue weighted by Gasteiger charge is -2.39. The first-order valence-corrected chi connectivity index (χ1v) is 8.93. The summed E-state index contributed by atoms with van der Waals surface area (Å²) in [7, 11) is 0. The molecule has 2 rings (SSSR count). The van der Waals surface area contributed by atoms with Gasteiger partial charge in [-0.1, -0.05) is 19.8 Å². The Morgan fingerprint density at radius 2 is 1.88 bits per heavy atom. The van der Waals surface area contributed by atoms with Gasteiger partial charge < -0.3 is 20.2 Å². The quantitative estimate of drug-likeness (QED) is 0.389. The molecule has 2 fully saturated rings. The van der Waals surface area contributed by atoms with E-state index in [0.29, 0.717) is 6.54 Å². The van der Waals surface area contributed by atoms with Gasteiger partial charge in [-0.3, -0.25) is 9.79 Å². The number of piperazine rings is 1. The fraction of sp³-hybridized carbons (Fsp3) is 0.882. The second-order valence-corrected chi connectivity index (χ2v) is 7.08. The number of nitrogens with one attached hydrogen (secondary N) is 1. The predicted octanol–water partition coefficient (Wildman–Crippen LogP) is 1.68. The van der Waals surface area contributed by atoms with Crippen molar-refractivity contribution < 1.29 is 9.90 Å². The Hall–Kier alpha value is -0.570. The van der Waals surface area contributed by atoms with Crippen molar-refractivity contribution >= 4 is 35.8 Å². The Balaban J connectivity index is 0.00000288. The lowest BCUT2D eigenvalue weighted by molar-refractivity contribution is -0.130. The minimum atomic E-state index is -0.252. The number of carbonyl (C=O) groups excluding carboxylic acids is 1. The number of aliphatic imine (C=N–C) groups is 1.